The molecule has 2 aromatic rings. The molecule has 0 bridgehead atoms. The standard InChI is InChI=1S/C22H25F2N3O5/c1-13(2)32-9-3-8-26-12-25-27-11-16(20(29)21(30)19(27)22(26)31)18(28)7-5-14-4-6-15(23)10-17(14)24/h4,6,10-11,13,25,30H,3,5,7-9,12H2,1-2H3. The Bertz CT molecular complexity index is 1080. The SMILES string of the molecule is CC(C)OCCCN1CNn2cc(C(=O)CCc3ccc(F)cc3F)c(=O)c(O)c2C1=O. The molecule has 0 atom stereocenters. The van der Waals surface area contributed by atoms with E-state index in [9.17, 15) is 28.3 Å². The Morgan fingerprint density at radius 2 is 2.03 bits per heavy atom. The van der Waals surface area contributed by atoms with E-state index in [0.29, 0.717) is 19.6 Å². The first kappa shape index (κ1) is 23.4. The number of carbonyl (C=O) groups excluding carboxylic acids is 2. The number of aromatic hydroxyl groups is 1. The Hall–Kier alpha value is -3.27. The van der Waals surface area contributed by atoms with Crippen LogP contribution >= 0.6 is 0 Å². The van der Waals surface area contributed by atoms with Crippen molar-refractivity contribution in [3.63, 3.8) is 0 Å². The fraction of sp³-hybridized carbons (Fsp3) is 0.409. The van der Waals surface area contributed by atoms with Crippen molar-refractivity contribution in [1.29, 1.82) is 0 Å². The molecule has 0 saturated carbocycles. The number of amides is 1. The van der Waals surface area contributed by atoms with Crippen molar-refractivity contribution in [2.24, 2.45) is 0 Å². The monoisotopic (exact) mass is 449 g/mol. The maximum absolute atomic E-state index is 13.8. The average molecular weight is 449 g/mol. The Morgan fingerprint density at radius 1 is 1.28 bits per heavy atom. The van der Waals surface area contributed by atoms with Crippen LogP contribution in [0.5, 0.6) is 5.75 Å². The largest absolute Gasteiger partial charge is 0.502 e. The van der Waals surface area contributed by atoms with Gasteiger partial charge in [0.1, 0.15) is 18.3 Å². The molecular formula is C22H25F2N3O5. The van der Waals surface area contributed by atoms with Gasteiger partial charge in [-0.25, -0.2) is 8.78 Å². The number of hydrogen-bond acceptors (Lipinski definition) is 6. The summed E-state index contributed by atoms with van der Waals surface area (Å²) in [7, 11) is 0. The maximum atomic E-state index is 13.8. The summed E-state index contributed by atoms with van der Waals surface area (Å²) in [4.78, 5) is 39.3. The molecule has 1 aromatic carbocycles. The molecule has 1 aliphatic rings. The van der Waals surface area contributed by atoms with E-state index >= 15 is 0 Å². The van der Waals surface area contributed by atoms with Crippen LogP contribution in [0.15, 0.2) is 29.2 Å². The number of benzene rings is 1. The molecule has 0 aliphatic carbocycles. The highest BCUT2D eigenvalue weighted by atomic mass is 19.1. The fourth-order valence-electron chi connectivity index (χ4n) is 3.37. The lowest BCUT2D eigenvalue weighted by Crippen LogP contribution is -2.47. The van der Waals surface area contributed by atoms with E-state index in [4.69, 9.17) is 4.74 Å². The number of pyridine rings is 1. The summed E-state index contributed by atoms with van der Waals surface area (Å²) >= 11 is 0. The summed E-state index contributed by atoms with van der Waals surface area (Å²) in [6, 6.07) is 3.03. The molecule has 1 amide bonds. The van der Waals surface area contributed by atoms with E-state index in [1.807, 2.05) is 13.8 Å². The average Bonchev–Trinajstić information content (AvgIpc) is 2.73. The van der Waals surface area contributed by atoms with Gasteiger partial charge in [0.05, 0.1) is 11.7 Å². The minimum absolute atomic E-state index is 0.0501. The van der Waals surface area contributed by atoms with Crippen molar-refractivity contribution >= 4 is 11.7 Å². The smallest absolute Gasteiger partial charge is 0.277 e. The maximum Gasteiger partial charge on any atom is 0.277 e. The molecule has 0 fully saturated rings. The number of fused-ring (bicyclic) bond motifs is 1. The molecule has 1 aliphatic heterocycles. The molecule has 8 nitrogen and oxygen atoms in total. The van der Waals surface area contributed by atoms with Crippen LogP contribution in [0.1, 0.15) is 53.1 Å². The second-order valence-corrected chi connectivity index (χ2v) is 7.76. The van der Waals surface area contributed by atoms with Crippen LogP contribution in [0.3, 0.4) is 0 Å². The van der Waals surface area contributed by atoms with Gasteiger partial charge < -0.3 is 20.2 Å². The Labute approximate surface area is 183 Å². The summed E-state index contributed by atoms with van der Waals surface area (Å²) in [5.74, 6) is -3.52. The topological polar surface area (TPSA) is 101 Å². The molecule has 1 aromatic heterocycles. The number of rotatable bonds is 9. The van der Waals surface area contributed by atoms with Gasteiger partial charge in [-0.15, -0.1) is 0 Å². The second-order valence-electron chi connectivity index (χ2n) is 7.76. The van der Waals surface area contributed by atoms with Crippen LogP contribution in [0.4, 0.5) is 8.78 Å². The van der Waals surface area contributed by atoms with Gasteiger partial charge in [-0.1, -0.05) is 6.07 Å². The summed E-state index contributed by atoms with van der Waals surface area (Å²) in [6.45, 7) is 4.75. The normalized spacial score (nSPS) is 13.3. The number of carbonyl (C=O) groups is 2. The van der Waals surface area contributed by atoms with Gasteiger partial charge >= 0.3 is 0 Å². The number of aryl methyl sites for hydroxylation is 1. The lowest BCUT2D eigenvalue weighted by Gasteiger charge is -2.31. The lowest BCUT2D eigenvalue weighted by atomic mass is 10.0. The van der Waals surface area contributed by atoms with Crippen LogP contribution in [0, 0.1) is 11.6 Å². The molecule has 2 heterocycles. The number of ketones is 1. The predicted octanol–water partition coefficient (Wildman–Crippen LogP) is 2.42. The zero-order valence-electron chi connectivity index (χ0n) is 17.9. The molecule has 10 heteroatoms. The minimum atomic E-state index is -0.971. The van der Waals surface area contributed by atoms with Gasteiger partial charge in [0.25, 0.3) is 5.91 Å². The zero-order valence-corrected chi connectivity index (χ0v) is 17.9. The molecular weight excluding hydrogens is 424 g/mol. The van der Waals surface area contributed by atoms with Gasteiger partial charge in [-0.2, -0.15) is 0 Å². The molecule has 172 valence electrons. The molecule has 32 heavy (non-hydrogen) atoms. The third-order valence-electron chi connectivity index (χ3n) is 5.07. The van der Waals surface area contributed by atoms with Crippen LogP contribution in [0.25, 0.3) is 0 Å². The van der Waals surface area contributed by atoms with E-state index in [1.54, 1.807) is 0 Å². The van der Waals surface area contributed by atoms with Gasteiger partial charge in [-0.3, -0.25) is 19.1 Å². The van der Waals surface area contributed by atoms with Crippen molar-refractivity contribution in [1.82, 2.24) is 9.58 Å². The zero-order chi connectivity index (χ0) is 23.4. The number of nitrogens with one attached hydrogen (secondary N) is 1. The van der Waals surface area contributed by atoms with Gasteiger partial charge in [-0.05, 0) is 38.3 Å². The van der Waals surface area contributed by atoms with Crippen LogP contribution < -0.4 is 10.9 Å². The Kier molecular flexibility index (Phi) is 7.24. The second kappa shape index (κ2) is 9.90. The van der Waals surface area contributed by atoms with Crippen molar-refractivity contribution < 1.29 is 28.2 Å². The fourth-order valence-corrected chi connectivity index (χ4v) is 3.37. The first-order chi connectivity index (χ1) is 15.2. The molecule has 0 unspecified atom stereocenters. The highest BCUT2D eigenvalue weighted by Crippen LogP contribution is 2.20. The molecule has 2 N–H and O–H groups in total. The third kappa shape index (κ3) is 5.13. The third-order valence-corrected chi connectivity index (χ3v) is 5.07. The minimum Gasteiger partial charge on any atom is -0.502 e. The van der Waals surface area contributed by atoms with Crippen LogP contribution in [-0.2, 0) is 11.2 Å². The highest BCUT2D eigenvalue weighted by Gasteiger charge is 2.30. The first-order valence-corrected chi connectivity index (χ1v) is 10.3. The van der Waals surface area contributed by atoms with E-state index in [2.05, 4.69) is 5.43 Å². The number of hydrogen-bond donors (Lipinski definition) is 2. The summed E-state index contributed by atoms with van der Waals surface area (Å²) in [5.41, 5.74) is 1.45. The number of ether oxygens (including phenoxy) is 1. The summed E-state index contributed by atoms with van der Waals surface area (Å²) in [5, 5.41) is 10.4. The molecule has 0 spiro atoms. The lowest BCUT2D eigenvalue weighted by molar-refractivity contribution is 0.0596. The quantitative estimate of drug-likeness (QED) is 0.451. The summed E-state index contributed by atoms with van der Waals surface area (Å²) < 4.78 is 33.4. The van der Waals surface area contributed by atoms with E-state index < -0.39 is 34.5 Å². The predicted molar refractivity (Wildman–Crippen MR) is 112 cm³/mol. The first-order valence-electron chi connectivity index (χ1n) is 10.3. The highest BCUT2D eigenvalue weighted by molar-refractivity contribution is 6.00. The molecule has 0 saturated heterocycles. The number of halogens is 2. The van der Waals surface area contributed by atoms with Crippen LogP contribution in [-0.4, -0.2) is 52.3 Å². The number of Topliss-reactive ketones (excluding diaryl/α,β-unsaturated/α-hetero) is 1. The molecule has 3 rings (SSSR count). The van der Waals surface area contributed by atoms with Gasteiger partial charge in [0.2, 0.25) is 5.43 Å². The van der Waals surface area contributed by atoms with E-state index in [0.717, 1.165) is 23.0 Å². The van der Waals surface area contributed by atoms with Crippen LogP contribution in [0.2, 0.25) is 0 Å². The van der Waals surface area contributed by atoms with E-state index in [1.165, 1.54) is 11.0 Å². The number of nitrogens with zero attached hydrogens (tertiary/aromatic N) is 2. The van der Waals surface area contributed by atoms with Crippen molar-refractivity contribution in [2.45, 2.75) is 39.2 Å². The van der Waals surface area contributed by atoms with Gasteiger partial charge in [0.15, 0.2) is 17.2 Å². The van der Waals surface area contributed by atoms with Gasteiger partial charge in [0, 0.05) is 31.8 Å². The Morgan fingerprint density at radius 3 is 2.72 bits per heavy atom. The summed E-state index contributed by atoms with van der Waals surface area (Å²) in [6.07, 6.45) is 1.53. The van der Waals surface area contributed by atoms with Crippen molar-refractivity contribution in [3.05, 3.63) is 63.1 Å². The Balaban J connectivity index is 1.73. The van der Waals surface area contributed by atoms with E-state index in [-0.39, 0.29) is 42.4 Å². The van der Waals surface area contributed by atoms with Crippen molar-refractivity contribution in [3.8, 4) is 5.75 Å². The number of aromatic nitrogens is 1. The van der Waals surface area contributed by atoms with Crippen molar-refractivity contribution in [2.75, 3.05) is 25.2 Å². The molecule has 0 radical (unpaired) electrons.